The smallest absolute Gasteiger partial charge is 0.255 e. The van der Waals surface area contributed by atoms with Gasteiger partial charge in [-0.15, -0.1) is 11.3 Å². The zero-order chi connectivity index (χ0) is 30.1. The lowest BCUT2D eigenvalue weighted by Crippen LogP contribution is -2.65. The van der Waals surface area contributed by atoms with E-state index in [9.17, 15) is 34.8 Å². The number of benzene rings is 2. The molecular weight excluding hydrogens is 560 g/mol. The largest absolute Gasteiger partial charge is 0.508 e. The Morgan fingerprint density at radius 1 is 1.12 bits per heavy atom. The number of phenols is 1. The molecule has 0 aliphatic heterocycles. The van der Waals surface area contributed by atoms with Crippen LogP contribution >= 0.6 is 11.3 Å². The second kappa shape index (κ2) is 9.79. The van der Waals surface area contributed by atoms with Crippen LogP contribution in [0.25, 0.3) is 17.0 Å². The maximum absolute atomic E-state index is 14.0. The van der Waals surface area contributed by atoms with Crippen molar-refractivity contribution < 1.29 is 34.8 Å². The molecule has 3 aromatic rings. The van der Waals surface area contributed by atoms with Crippen molar-refractivity contribution in [3.63, 3.8) is 0 Å². The van der Waals surface area contributed by atoms with Crippen molar-refractivity contribution in [2.75, 3.05) is 19.4 Å². The number of hydrogen-bond acceptors (Lipinski definition) is 11. The molecule has 1 heterocycles. The van der Waals surface area contributed by atoms with E-state index in [1.807, 2.05) is 35.7 Å². The third-order valence-electron chi connectivity index (χ3n) is 8.41. The molecule has 7 N–H and O–H groups in total. The number of aliphatic hydroxyl groups excluding tert-OH is 2. The number of aromatic nitrogens is 1. The van der Waals surface area contributed by atoms with Crippen LogP contribution in [0.2, 0.25) is 0 Å². The van der Waals surface area contributed by atoms with Crippen LogP contribution in [0.3, 0.4) is 0 Å². The lowest BCUT2D eigenvalue weighted by molar-refractivity contribution is -0.153. The molecule has 1 amide bonds. The number of nitrogens with zero attached hydrogens (tertiary/aromatic N) is 2. The standard InChI is InChI=1S/C30H28N4O7S/c1-34(2)22-16-11-15-10-14-8-9-17(32-29-33-18(12-42-29)13-6-4-3-5-7-13)23(35)19(14)24(36)20(15)26(38)30(16,41)27(39)21(25(22)37)28(31)40/h3-9,12,15-16,22,35-36,39,41H,10-11H2,1-2H3,(H2,31,40)(H,32,33)/t15-,16-,22+,30+/m0/s1. The van der Waals surface area contributed by atoms with Gasteiger partial charge in [0.2, 0.25) is 5.78 Å². The number of anilines is 2. The SMILES string of the molecule is CN(C)[C@H]1C(=O)C(C(N)=O)=C(O)[C@]2(O)C(=O)C3=C(O)c4c(ccc(Nc5nc(-c6ccccc6)cs5)c4O)C[C@H]3C[C@@H]12. The summed E-state index contributed by atoms with van der Waals surface area (Å²) in [5, 5.41) is 50.8. The first-order chi connectivity index (χ1) is 19.9. The second-order valence-corrected chi connectivity index (χ2v) is 11.8. The number of nitrogens with two attached hydrogens (primary N) is 1. The fourth-order valence-electron chi connectivity index (χ4n) is 6.51. The zero-order valence-electron chi connectivity index (χ0n) is 22.7. The summed E-state index contributed by atoms with van der Waals surface area (Å²) in [7, 11) is 3.12. The minimum absolute atomic E-state index is 0.0103. The van der Waals surface area contributed by atoms with Gasteiger partial charge in [-0.05, 0) is 44.5 Å². The average molecular weight is 589 g/mol. The number of thiazole rings is 1. The lowest BCUT2D eigenvalue weighted by atomic mass is 9.57. The van der Waals surface area contributed by atoms with E-state index in [1.165, 1.54) is 16.2 Å². The van der Waals surface area contributed by atoms with E-state index < -0.39 is 58.0 Å². The lowest BCUT2D eigenvalue weighted by Gasteiger charge is -2.50. The molecule has 1 fully saturated rings. The van der Waals surface area contributed by atoms with Gasteiger partial charge in [0.15, 0.2) is 16.5 Å². The number of ketones is 2. The maximum atomic E-state index is 14.0. The molecule has 4 atom stereocenters. The number of nitrogens with one attached hydrogen (secondary N) is 1. The molecule has 42 heavy (non-hydrogen) atoms. The van der Waals surface area contributed by atoms with Gasteiger partial charge in [-0.1, -0.05) is 36.4 Å². The molecule has 0 saturated heterocycles. The quantitative estimate of drug-likeness (QED) is 0.191. The van der Waals surface area contributed by atoms with E-state index in [2.05, 4.69) is 10.3 Å². The van der Waals surface area contributed by atoms with Gasteiger partial charge in [-0.2, -0.15) is 0 Å². The zero-order valence-corrected chi connectivity index (χ0v) is 23.5. The number of likely N-dealkylation sites (N-methyl/N-ethyl adjacent to an activating group) is 1. The highest BCUT2D eigenvalue weighted by Crippen LogP contribution is 2.53. The van der Waals surface area contributed by atoms with Crippen LogP contribution in [-0.4, -0.2) is 73.5 Å². The van der Waals surface area contributed by atoms with Gasteiger partial charge in [0.1, 0.15) is 22.8 Å². The van der Waals surface area contributed by atoms with E-state index in [4.69, 9.17) is 5.73 Å². The molecule has 0 radical (unpaired) electrons. The van der Waals surface area contributed by atoms with E-state index in [1.54, 1.807) is 26.2 Å². The van der Waals surface area contributed by atoms with Crippen LogP contribution in [0.1, 0.15) is 17.5 Å². The number of Topliss-reactive ketones (excluding diaryl/α,β-unsaturated/α-hetero) is 2. The average Bonchev–Trinajstić information content (AvgIpc) is 3.41. The first-order valence-corrected chi connectivity index (χ1v) is 14.1. The van der Waals surface area contributed by atoms with Crippen molar-refractivity contribution in [1.82, 2.24) is 9.88 Å². The van der Waals surface area contributed by atoms with Crippen LogP contribution in [0.4, 0.5) is 10.8 Å². The Balaban J connectivity index is 1.41. The van der Waals surface area contributed by atoms with Crippen molar-refractivity contribution >= 4 is 45.4 Å². The summed E-state index contributed by atoms with van der Waals surface area (Å²) < 4.78 is 0. The Labute approximate surface area is 244 Å². The number of amides is 1. The number of rotatable bonds is 5. The molecule has 1 aromatic heterocycles. The number of aliphatic hydroxyl groups is 3. The van der Waals surface area contributed by atoms with Crippen LogP contribution in [0.5, 0.6) is 5.75 Å². The van der Waals surface area contributed by atoms with Crippen molar-refractivity contribution in [3.05, 3.63) is 75.9 Å². The molecule has 6 rings (SSSR count). The maximum Gasteiger partial charge on any atom is 0.255 e. The molecular formula is C30H28N4O7S. The number of carbonyl (C=O) groups excluding carboxylic acids is 3. The third-order valence-corrected chi connectivity index (χ3v) is 9.17. The number of hydrogen-bond donors (Lipinski definition) is 6. The van der Waals surface area contributed by atoms with E-state index in [-0.39, 0.29) is 35.4 Å². The summed E-state index contributed by atoms with van der Waals surface area (Å²) in [5.41, 5.74) is 4.13. The molecule has 0 unspecified atom stereocenters. The van der Waals surface area contributed by atoms with Crippen LogP contribution in [0.15, 0.2) is 64.8 Å². The number of fused-ring (bicyclic) bond motifs is 3. The van der Waals surface area contributed by atoms with E-state index in [0.29, 0.717) is 10.7 Å². The Hall–Kier alpha value is -4.52. The summed E-state index contributed by atoms with van der Waals surface area (Å²) in [5.74, 6) is -6.83. The van der Waals surface area contributed by atoms with Crippen molar-refractivity contribution in [1.29, 1.82) is 0 Å². The number of aromatic hydroxyl groups is 1. The van der Waals surface area contributed by atoms with Crippen LogP contribution < -0.4 is 11.1 Å². The highest BCUT2D eigenvalue weighted by atomic mass is 32.1. The topological polar surface area (TPSA) is 186 Å². The van der Waals surface area contributed by atoms with Crippen molar-refractivity contribution in [3.8, 4) is 17.0 Å². The first kappa shape index (κ1) is 27.6. The highest BCUT2D eigenvalue weighted by Gasteiger charge is 2.64. The van der Waals surface area contributed by atoms with Gasteiger partial charge in [0, 0.05) is 22.4 Å². The molecule has 3 aliphatic rings. The van der Waals surface area contributed by atoms with Crippen molar-refractivity contribution in [2.24, 2.45) is 17.6 Å². The molecule has 11 nitrogen and oxygen atoms in total. The summed E-state index contributed by atoms with van der Waals surface area (Å²) >= 11 is 1.32. The molecule has 12 heteroatoms. The van der Waals surface area contributed by atoms with Crippen molar-refractivity contribution in [2.45, 2.75) is 24.5 Å². The fourth-order valence-corrected chi connectivity index (χ4v) is 7.24. The summed E-state index contributed by atoms with van der Waals surface area (Å²) in [4.78, 5) is 45.3. The normalized spacial score (nSPS) is 25.3. The van der Waals surface area contributed by atoms with Crippen LogP contribution in [0, 0.1) is 11.8 Å². The monoisotopic (exact) mass is 588 g/mol. The van der Waals surface area contributed by atoms with Gasteiger partial charge >= 0.3 is 0 Å². The molecule has 0 bridgehead atoms. The Morgan fingerprint density at radius 3 is 2.50 bits per heavy atom. The minimum Gasteiger partial charge on any atom is -0.508 e. The van der Waals surface area contributed by atoms with Gasteiger partial charge in [0.25, 0.3) is 5.91 Å². The van der Waals surface area contributed by atoms with Gasteiger partial charge in [-0.3, -0.25) is 19.3 Å². The Morgan fingerprint density at radius 2 is 1.83 bits per heavy atom. The van der Waals surface area contributed by atoms with Gasteiger partial charge < -0.3 is 31.5 Å². The number of primary amides is 1. The molecule has 216 valence electrons. The minimum atomic E-state index is -2.68. The second-order valence-electron chi connectivity index (χ2n) is 11.0. The van der Waals surface area contributed by atoms with Gasteiger partial charge in [-0.25, -0.2) is 4.98 Å². The van der Waals surface area contributed by atoms with Gasteiger partial charge in [0.05, 0.1) is 23.0 Å². The van der Waals surface area contributed by atoms with E-state index >= 15 is 0 Å². The predicted molar refractivity (Wildman–Crippen MR) is 155 cm³/mol. The molecule has 1 saturated carbocycles. The number of carbonyl (C=O) groups is 3. The first-order valence-electron chi connectivity index (χ1n) is 13.2. The third kappa shape index (κ3) is 3.94. The highest BCUT2D eigenvalue weighted by molar-refractivity contribution is 7.14. The summed E-state index contributed by atoms with van der Waals surface area (Å²) in [6.45, 7) is 0. The van der Waals surface area contributed by atoms with Crippen LogP contribution in [-0.2, 0) is 20.8 Å². The molecule has 0 spiro atoms. The predicted octanol–water partition coefficient (Wildman–Crippen LogP) is 2.83. The number of phenolic OH excluding ortho intramolecular Hbond substituents is 1. The van der Waals surface area contributed by atoms with E-state index in [0.717, 1.165) is 11.3 Å². The summed E-state index contributed by atoms with van der Waals surface area (Å²) in [6, 6.07) is 11.8. The Bertz CT molecular complexity index is 1730. The fraction of sp³-hybridized carbons (Fsp3) is 0.267. The summed E-state index contributed by atoms with van der Waals surface area (Å²) in [6.07, 6.45) is 0.256. The molecule has 2 aromatic carbocycles. The molecule has 3 aliphatic carbocycles. The Kier molecular flexibility index (Phi) is 6.44.